The third-order valence-electron chi connectivity index (χ3n) is 3.17. The number of hydrazine groups is 1. The summed E-state index contributed by atoms with van der Waals surface area (Å²) in [5.41, 5.74) is 4.27. The molecule has 20 heavy (non-hydrogen) atoms. The van der Waals surface area contributed by atoms with Crippen molar-refractivity contribution in [3.8, 4) is 11.3 Å². The lowest BCUT2D eigenvalue weighted by molar-refractivity contribution is 0.0952. The van der Waals surface area contributed by atoms with Gasteiger partial charge in [-0.1, -0.05) is 38.1 Å². The van der Waals surface area contributed by atoms with Crippen LogP contribution in [0.4, 0.5) is 0 Å². The zero-order valence-corrected chi connectivity index (χ0v) is 11.4. The summed E-state index contributed by atoms with van der Waals surface area (Å²) in [6, 6.07) is 11.1. The van der Waals surface area contributed by atoms with Gasteiger partial charge >= 0.3 is 0 Å². The molecule has 0 bridgehead atoms. The van der Waals surface area contributed by atoms with Crippen LogP contribution in [0.1, 0.15) is 35.7 Å². The number of hydrogen-bond donors (Lipinski definition) is 3. The molecule has 1 amide bonds. The van der Waals surface area contributed by atoms with Crippen LogP contribution in [0.15, 0.2) is 41.2 Å². The molecule has 1 aromatic carbocycles. The lowest BCUT2D eigenvalue weighted by Crippen LogP contribution is -2.34. The third kappa shape index (κ3) is 2.78. The minimum Gasteiger partial charge on any atom is -0.321 e. The number of nitrogen functional groups attached to an aromatic ring is 1. The van der Waals surface area contributed by atoms with Gasteiger partial charge in [0.25, 0.3) is 11.5 Å². The summed E-state index contributed by atoms with van der Waals surface area (Å²) in [4.78, 5) is 25.8. The molecule has 0 aliphatic carbocycles. The molecule has 0 saturated carbocycles. The number of nitrogens with two attached hydrogens (primary N) is 1. The fourth-order valence-corrected chi connectivity index (χ4v) is 1.95. The maximum atomic E-state index is 11.8. The zero-order chi connectivity index (χ0) is 14.7. The van der Waals surface area contributed by atoms with Gasteiger partial charge in [-0.3, -0.25) is 15.0 Å². The van der Waals surface area contributed by atoms with Crippen LogP contribution < -0.4 is 16.8 Å². The quantitative estimate of drug-likeness (QED) is 0.451. The standard InChI is InChI=1S/C15H17N3O2/c1-9(2)10-3-5-11(6-4-10)13-8-7-12(14(19)17-13)15(20)18-16/h3-9H,16H2,1-2H3,(H,17,19)(H,18,20). The van der Waals surface area contributed by atoms with Gasteiger partial charge in [-0.15, -0.1) is 0 Å². The van der Waals surface area contributed by atoms with E-state index in [0.29, 0.717) is 11.6 Å². The smallest absolute Gasteiger partial charge is 0.270 e. The number of carbonyl (C=O) groups is 1. The van der Waals surface area contributed by atoms with Gasteiger partial charge < -0.3 is 4.98 Å². The first-order valence-electron chi connectivity index (χ1n) is 6.37. The topological polar surface area (TPSA) is 88.0 Å². The SMILES string of the molecule is CC(C)c1ccc(-c2ccc(C(=O)NN)c(=O)[nH]2)cc1. The van der Waals surface area contributed by atoms with E-state index in [1.807, 2.05) is 29.7 Å². The van der Waals surface area contributed by atoms with Crippen molar-refractivity contribution in [2.45, 2.75) is 19.8 Å². The second kappa shape index (κ2) is 5.71. The number of aromatic amines is 1. The van der Waals surface area contributed by atoms with Crippen molar-refractivity contribution in [3.05, 3.63) is 57.9 Å². The number of amides is 1. The van der Waals surface area contributed by atoms with E-state index in [1.54, 1.807) is 6.07 Å². The molecule has 0 unspecified atom stereocenters. The zero-order valence-electron chi connectivity index (χ0n) is 11.4. The van der Waals surface area contributed by atoms with Gasteiger partial charge in [-0.05, 0) is 29.2 Å². The lowest BCUT2D eigenvalue weighted by atomic mass is 10.0. The number of nitrogens with one attached hydrogen (secondary N) is 2. The molecular weight excluding hydrogens is 254 g/mol. The Morgan fingerprint density at radius 3 is 2.30 bits per heavy atom. The van der Waals surface area contributed by atoms with E-state index in [9.17, 15) is 9.59 Å². The molecule has 0 radical (unpaired) electrons. The number of aromatic nitrogens is 1. The van der Waals surface area contributed by atoms with Gasteiger partial charge in [0.15, 0.2) is 0 Å². The number of carbonyl (C=O) groups excluding carboxylic acids is 1. The van der Waals surface area contributed by atoms with Gasteiger partial charge in [0.2, 0.25) is 0 Å². The number of H-pyrrole nitrogens is 1. The van der Waals surface area contributed by atoms with E-state index in [2.05, 4.69) is 18.8 Å². The van der Waals surface area contributed by atoms with Gasteiger partial charge in [-0.2, -0.15) is 0 Å². The summed E-state index contributed by atoms with van der Waals surface area (Å²) in [6.07, 6.45) is 0. The average Bonchev–Trinajstić information content (AvgIpc) is 2.46. The van der Waals surface area contributed by atoms with Crippen molar-refractivity contribution < 1.29 is 4.79 Å². The Hall–Kier alpha value is -2.40. The van der Waals surface area contributed by atoms with Gasteiger partial charge in [0.1, 0.15) is 5.56 Å². The molecule has 0 aliphatic rings. The van der Waals surface area contributed by atoms with Crippen molar-refractivity contribution in [1.29, 1.82) is 0 Å². The van der Waals surface area contributed by atoms with Crippen LogP contribution in [-0.4, -0.2) is 10.9 Å². The fraction of sp³-hybridized carbons (Fsp3) is 0.200. The predicted octanol–water partition coefficient (Wildman–Crippen LogP) is 1.77. The van der Waals surface area contributed by atoms with E-state index in [0.717, 1.165) is 5.56 Å². The van der Waals surface area contributed by atoms with E-state index < -0.39 is 11.5 Å². The molecule has 5 nitrogen and oxygen atoms in total. The van der Waals surface area contributed by atoms with Crippen LogP contribution in [-0.2, 0) is 0 Å². The summed E-state index contributed by atoms with van der Waals surface area (Å²) in [7, 11) is 0. The van der Waals surface area contributed by atoms with Crippen LogP contribution in [0.2, 0.25) is 0 Å². The molecule has 4 N–H and O–H groups in total. The first kappa shape index (κ1) is 14.0. The summed E-state index contributed by atoms with van der Waals surface area (Å²) >= 11 is 0. The first-order chi connectivity index (χ1) is 9.52. The Bertz CT molecular complexity index is 672. The maximum Gasteiger partial charge on any atom is 0.270 e. The highest BCUT2D eigenvalue weighted by Crippen LogP contribution is 2.20. The average molecular weight is 271 g/mol. The van der Waals surface area contributed by atoms with Gasteiger partial charge in [0, 0.05) is 5.69 Å². The number of benzene rings is 1. The molecule has 0 aliphatic heterocycles. The monoisotopic (exact) mass is 271 g/mol. The molecule has 0 atom stereocenters. The number of hydrogen-bond acceptors (Lipinski definition) is 3. The molecular formula is C15H17N3O2. The molecule has 2 rings (SSSR count). The Labute approximate surface area is 116 Å². The highest BCUT2D eigenvalue weighted by Gasteiger charge is 2.10. The van der Waals surface area contributed by atoms with Crippen LogP contribution >= 0.6 is 0 Å². The van der Waals surface area contributed by atoms with E-state index >= 15 is 0 Å². The van der Waals surface area contributed by atoms with Crippen LogP contribution in [0.25, 0.3) is 11.3 Å². The maximum absolute atomic E-state index is 11.8. The van der Waals surface area contributed by atoms with E-state index in [4.69, 9.17) is 5.84 Å². The molecule has 5 heteroatoms. The second-order valence-corrected chi connectivity index (χ2v) is 4.86. The van der Waals surface area contributed by atoms with Gasteiger partial charge in [-0.25, -0.2) is 5.84 Å². The molecule has 104 valence electrons. The molecule has 1 aromatic heterocycles. The van der Waals surface area contributed by atoms with Crippen LogP contribution in [0.3, 0.4) is 0 Å². The predicted molar refractivity (Wildman–Crippen MR) is 78.2 cm³/mol. The van der Waals surface area contributed by atoms with Crippen LogP contribution in [0, 0.1) is 0 Å². The molecule has 0 spiro atoms. The minimum atomic E-state index is -0.604. The fourth-order valence-electron chi connectivity index (χ4n) is 1.95. The normalized spacial score (nSPS) is 10.6. The van der Waals surface area contributed by atoms with E-state index in [1.165, 1.54) is 11.6 Å². The number of rotatable bonds is 3. The minimum absolute atomic E-state index is 0.00458. The van der Waals surface area contributed by atoms with Crippen molar-refractivity contribution in [3.63, 3.8) is 0 Å². The Morgan fingerprint density at radius 1 is 1.15 bits per heavy atom. The highest BCUT2D eigenvalue weighted by molar-refractivity contribution is 5.93. The van der Waals surface area contributed by atoms with Gasteiger partial charge in [0.05, 0.1) is 0 Å². The molecule has 2 aromatic rings. The lowest BCUT2D eigenvalue weighted by Gasteiger charge is -2.07. The summed E-state index contributed by atoms with van der Waals surface area (Å²) < 4.78 is 0. The number of pyridine rings is 1. The summed E-state index contributed by atoms with van der Waals surface area (Å²) in [5, 5.41) is 0. The Morgan fingerprint density at radius 2 is 1.80 bits per heavy atom. The van der Waals surface area contributed by atoms with E-state index in [-0.39, 0.29) is 5.56 Å². The van der Waals surface area contributed by atoms with Crippen molar-refractivity contribution in [2.75, 3.05) is 0 Å². The Kier molecular flexibility index (Phi) is 4.00. The molecule has 0 saturated heterocycles. The third-order valence-corrected chi connectivity index (χ3v) is 3.17. The molecule has 1 heterocycles. The second-order valence-electron chi connectivity index (χ2n) is 4.86. The van der Waals surface area contributed by atoms with Crippen molar-refractivity contribution in [1.82, 2.24) is 10.4 Å². The Balaban J connectivity index is 2.37. The van der Waals surface area contributed by atoms with Crippen molar-refractivity contribution in [2.24, 2.45) is 5.84 Å². The first-order valence-corrected chi connectivity index (χ1v) is 6.37. The highest BCUT2D eigenvalue weighted by atomic mass is 16.2. The summed E-state index contributed by atoms with van der Waals surface area (Å²) in [6.45, 7) is 4.24. The molecule has 0 fully saturated rings. The van der Waals surface area contributed by atoms with Crippen molar-refractivity contribution >= 4 is 5.91 Å². The summed E-state index contributed by atoms with van der Waals surface area (Å²) in [5.74, 6) is 4.87. The van der Waals surface area contributed by atoms with Crippen LogP contribution in [0.5, 0.6) is 0 Å². The largest absolute Gasteiger partial charge is 0.321 e.